The van der Waals surface area contributed by atoms with Crippen molar-refractivity contribution in [2.75, 3.05) is 18.4 Å². The van der Waals surface area contributed by atoms with Crippen LogP contribution in [0.15, 0.2) is 71.2 Å². The van der Waals surface area contributed by atoms with Gasteiger partial charge in [0.2, 0.25) is 5.91 Å². The Kier molecular flexibility index (Phi) is 5.39. The topological polar surface area (TPSA) is 143 Å². The van der Waals surface area contributed by atoms with Gasteiger partial charge in [0.15, 0.2) is 0 Å². The molecule has 2 amide bonds. The Labute approximate surface area is 213 Å². The summed E-state index contributed by atoms with van der Waals surface area (Å²) in [6.07, 6.45) is 6.92. The predicted molar refractivity (Wildman–Crippen MR) is 135 cm³/mol. The van der Waals surface area contributed by atoms with Gasteiger partial charge in [0.25, 0.3) is 5.91 Å². The molecule has 0 bridgehead atoms. The van der Waals surface area contributed by atoms with Crippen LogP contribution in [0.2, 0.25) is 0 Å². The van der Waals surface area contributed by atoms with Crippen molar-refractivity contribution < 1.29 is 9.59 Å². The molecule has 0 radical (unpaired) electrons. The van der Waals surface area contributed by atoms with Crippen LogP contribution in [0.25, 0.3) is 5.70 Å². The maximum atomic E-state index is 12.9. The minimum absolute atomic E-state index is 0.0117. The lowest BCUT2D eigenvalue weighted by molar-refractivity contribution is -0.134. The summed E-state index contributed by atoms with van der Waals surface area (Å²) in [5.41, 5.74) is 6.31. The van der Waals surface area contributed by atoms with E-state index in [0.717, 1.165) is 29.1 Å². The SMILES string of the molecule is N#CC1(C(=O)N2CC[C@@H](N3NC(c4ccc(C(=O)Nc5ccccn5)cc4)=C4C3=CN=CN4N)C2)CC1. The van der Waals surface area contributed by atoms with Gasteiger partial charge in [-0.1, -0.05) is 18.2 Å². The van der Waals surface area contributed by atoms with Crippen LogP contribution < -0.4 is 16.6 Å². The van der Waals surface area contributed by atoms with Crippen molar-refractivity contribution in [1.82, 2.24) is 25.3 Å². The van der Waals surface area contributed by atoms with E-state index in [4.69, 9.17) is 5.84 Å². The monoisotopic (exact) mass is 495 g/mol. The van der Waals surface area contributed by atoms with E-state index in [0.29, 0.717) is 37.3 Å². The molecule has 2 aromatic rings. The van der Waals surface area contributed by atoms with Crippen LogP contribution in [-0.4, -0.2) is 57.2 Å². The predicted octanol–water partition coefficient (Wildman–Crippen LogP) is 1.79. The summed E-state index contributed by atoms with van der Waals surface area (Å²) in [5.74, 6) is 6.44. The molecule has 3 aliphatic heterocycles. The third-order valence-electron chi connectivity index (χ3n) is 7.15. The second-order valence-corrected chi connectivity index (χ2v) is 9.53. The van der Waals surface area contributed by atoms with Crippen molar-refractivity contribution in [1.29, 1.82) is 5.26 Å². The fraction of sp³-hybridized carbons (Fsp3) is 0.269. The van der Waals surface area contributed by atoms with E-state index in [1.54, 1.807) is 47.6 Å². The molecule has 4 heterocycles. The Morgan fingerprint density at radius 1 is 1.19 bits per heavy atom. The first-order chi connectivity index (χ1) is 18.0. The lowest BCUT2D eigenvalue weighted by Crippen LogP contribution is -2.44. The molecule has 1 aromatic carbocycles. The third kappa shape index (κ3) is 3.97. The number of nitrogens with two attached hydrogens (primary N) is 1. The highest BCUT2D eigenvalue weighted by atomic mass is 16.2. The van der Waals surface area contributed by atoms with Gasteiger partial charge < -0.3 is 10.2 Å². The molecule has 4 aliphatic rings. The first kappa shape index (κ1) is 22.8. The van der Waals surface area contributed by atoms with Gasteiger partial charge in [-0.25, -0.2) is 15.8 Å². The fourth-order valence-corrected chi connectivity index (χ4v) is 4.93. The molecule has 0 spiro atoms. The number of nitrogens with zero attached hydrogens (tertiary/aromatic N) is 6. The molecule has 1 aromatic heterocycles. The zero-order valence-electron chi connectivity index (χ0n) is 20.0. The molecule has 11 heteroatoms. The number of fused-ring (bicyclic) bond motifs is 1. The van der Waals surface area contributed by atoms with Crippen LogP contribution >= 0.6 is 0 Å². The highest BCUT2D eigenvalue weighted by Crippen LogP contribution is 2.47. The lowest BCUT2D eigenvalue weighted by Gasteiger charge is -2.30. The summed E-state index contributed by atoms with van der Waals surface area (Å²) < 4.78 is 0. The van der Waals surface area contributed by atoms with Gasteiger partial charge in [0.05, 0.1) is 24.0 Å². The molecule has 1 saturated heterocycles. The number of rotatable bonds is 5. The number of anilines is 1. The van der Waals surface area contributed by atoms with Crippen LogP contribution in [0.3, 0.4) is 0 Å². The molecule has 6 rings (SSSR count). The number of hydrogen-bond donors (Lipinski definition) is 3. The van der Waals surface area contributed by atoms with Crippen molar-refractivity contribution >= 4 is 29.7 Å². The van der Waals surface area contributed by atoms with Gasteiger partial charge in [-0.05, 0) is 43.5 Å². The van der Waals surface area contributed by atoms with Crippen LogP contribution in [0.4, 0.5) is 5.82 Å². The number of hydrogen-bond acceptors (Lipinski definition) is 9. The molecule has 4 N–H and O–H groups in total. The van der Waals surface area contributed by atoms with Crippen molar-refractivity contribution in [3.63, 3.8) is 0 Å². The molecule has 1 atom stereocenters. The Morgan fingerprint density at radius 3 is 2.70 bits per heavy atom. The van der Waals surface area contributed by atoms with Gasteiger partial charge in [0.1, 0.15) is 29.0 Å². The van der Waals surface area contributed by atoms with E-state index in [2.05, 4.69) is 26.8 Å². The van der Waals surface area contributed by atoms with E-state index in [-0.39, 0.29) is 17.9 Å². The number of nitrogens with one attached hydrogen (secondary N) is 2. The van der Waals surface area contributed by atoms with Crippen LogP contribution in [0.1, 0.15) is 35.2 Å². The number of hydrazine groups is 2. The first-order valence-electron chi connectivity index (χ1n) is 12.1. The zero-order chi connectivity index (χ0) is 25.6. The Bertz CT molecular complexity index is 1390. The summed E-state index contributed by atoms with van der Waals surface area (Å²) in [6.45, 7) is 1.10. The lowest BCUT2D eigenvalue weighted by atomic mass is 10.1. The third-order valence-corrected chi connectivity index (χ3v) is 7.15. The van der Waals surface area contributed by atoms with E-state index in [1.165, 1.54) is 11.3 Å². The maximum Gasteiger partial charge on any atom is 0.256 e. The van der Waals surface area contributed by atoms with Gasteiger partial charge in [0, 0.05) is 30.4 Å². The number of pyridine rings is 1. The van der Waals surface area contributed by atoms with E-state index in [1.807, 2.05) is 17.1 Å². The Morgan fingerprint density at radius 2 is 2.00 bits per heavy atom. The van der Waals surface area contributed by atoms with Crippen molar-refractivity contribution in [2.24, 2.45) is 16.3 Å². The fourth-order valence-electron chi connectivity index (χ4n) is 4.93. The highest BCUT2D eigenvalue weighted by Gasteiger charge is 2.54. The smallest absolute Gasteiger partial charge is 0.256 e. The number of aromatic nitrogens is 1. The van der Waals surface area contributed by atoms with Crippen molar-refractivity contribution in [3.05, 3.63) is 77.4 Å². The first-order valence-corrected chi connectivity index (χ1v) is 12.1. The molecular formula is C26H25N9O2. The number of nitriles is 1. The largest absolute Gasteiger partial charge is 0.339 e. The average molecular weight is 496 g/mol. The summed E-state index contributed by atoms with van der Waals surface area (Å²) in [5, 5.41) is 15.7. The molecule has 1 saturated carbocycles. The molecule has 37 heavy (non-hydrogen) atoms. The van der Waals surface area contributed by atoms with E-state index in [9.17, 15) is 14.9 Å². The minimum atomic E-state index is -0.824. The molecule has 2 fully saturated rings. The van der Waals surface area contributed by atoms with Crippen LogP contribution in [0, 0.1) is 16.7 Å². The van der Waals surface area contributed by atoms with Crippen molar-refractivity contribution in [2.45, 2.75) is 25.3 Å². The Hall–Kier alpha value is -4.69. The molecule has 1 aliphatic carbocycles. The second kappa shape index (κ2) is 8.76. The number of carbonyl (C=O) groups excluding carboxylic acids is 2. The molecule has 0 unspecified atom stereocenters. The summed E-state index contributed by atoms with van der Waals surface area (Å²) in [4.78, 5) is 35.7. The number of carbonyl (C=O) groups is 2. The molecule has 186 valence electrons. The number of amides is 2. The number of aliphatic imine (C=N–C) groups is 1. The summed E-state index contributed by atoms with van der Waals surface area (Å²) >= 11 is 0. The van der Waals surface area contributed by atoms with E-state index >= 15 is 0 Å². The molecular weight excluding hydrogens is 470 g/mol. The molecule has 11 nitrogen and oxygen atoms in total. The quantitative estimate of drug-likeness (QED) is 0.533. The number of likely N-dealkylation sites (tertiary alicyclic amines) is 1. The average Bonchev–Trinajstić information content (AvgIpc) is 3.40. The van der Waals surface area contributed by atoms with Gasteiger partial charge in [-0.2, -0.15) is 5.26 Å². The highest BCUT2D eigenvalue weighted by molar-refractivity contribution is 6.04. The zero-order valence-corrected chi connectivity index (χ0v) is 20.0. The van der Waals surface area contributed by atoms with Crippen LogP contribution in [-0.2, 0) is 4.79 Å². The van der Waals surface area contributed by atoms with Gasteiger partial charge in [-0.15, -0.1) is 0 Å². The van der Waals surface area contributed by atoms with Crippen molar-refractivity contribution in [3.8, 4) is 6.07 Å². The van der Waals surface area contributed by atoms with Gasteiger partial charge in [-0.3, -0.25) is 25.0 Å². The summed E-state index contributed by atoms with van der Waals surface area (Å²) in [6, 6.07) is 14.7. The number of benzene rings is 1. The second-order valence-electron chi connectivity index (χ2n) is 9.53. The maximum absolute atomic E-state index is 12.9. The van der Waals surface area contributed by atoms with Crippen LogP contribution in [0.5, 0.6) is 0 Å². The summed E-state index contributed by atoms with van der Waals surface area (Å²) in [7, 11) is 0. The standard InChI is InChI=1S/C26H25N9O2/c27-15-26(9-10-26)25(37)33-12-8-19(14-33)35-20-13-29-16-34(28)23(20)22(32-35)17-4-6-18(7-5-17)24(36)31-21-3-1-2-11-30-21/h1-7,11,13,16,19,32H,8-10,12,14,28H2,(H,30,31,36)/t19-/m1/s1. The Balaban J connectivity index is 1.21. The normalized spacial score (nSPS) is 21.2. The van der Waals surface area contributed by atoms with Gasteiger partial charge >= 0.3 is 0 Å². The minimum Gasteiger partial charge on any atom is -0.339 e. The van der Waals surface area contributed by atoms with E-state index < -0.39 is 5.41 Å².